The van der Waals surface area contributed by atoms with Gasteiger partial charge in [0.2, 0.25) is 0 Å². The third-order valence-electron chi connectivity index (χ3n) is 2.79. The van der Waals surface area contributed by atoms with E-state index >= 15 is 0 Å². The molecule has 2 saturated carbocycles. The highest BCUT2D eigenvalue weighted by atomic mass is 14.2. The fourth-order valence-corrected chi connectivity index (χ4v) is 1.22. The van der Waals surface area contributed by atoms with Crippen LogP contribution >= 0.6 is 0 Å². The first kappa shape index (κ1) is 90.3. The van der Waals surface area contributed by atoms with E-state index in [-0.39, 0.29) is 0 Å². The molecule has 0 nitrogen and oxygen atoms in total. The zero-order valence-electron chi connectivity index (χ0n) is 35.4. The Morgan fingerprint density at radius 2 is 0.263 bits per heavy atom. The smallest absolute Gasteiger partial charge is 0.0443 e. The van der Waals surface area contributed by atoms with E-state index in [1.165, 1.54) is 38.5 Å². The molecule has 0 aromatic carbocycles. The van der Waals surface area contributed by atoms with Gasteiger partial charge in [0.25, 0.3) is 0 Å². The highest BCUT2D eigenvalue weighted by molar-refractivity contribution is 4.62. The van der Waals surface area contributed by atoms with Crippen molar-refractivity contribution in [2.45, 2.75) is 246 Å². The minimum absolute atomic E-state index is 1.06. The molecular weight excluding hydrogens is 456 g/mol. The predicted octanol–water partition coefficient (Wildman–Crippen LogP) is 18.0. The molecule has 0 heterocycles. The topological polar surface area (TPSA) is 0 Å². The third-order valence-corrected chi connectivity index (χ3v) is 2.79. The van der Waals surface area contributed by atoms with Gasteiger partial charge in [0.15, 0.2) is 0 Å². The molecule has 0 unspecified atom stereocenters. The lowest BCUT2D eigenvalue weighted by Crippen LogP contribution is -2.04. The molecule has 0 aliphatic heterocycles. The van der Waals surface area contributed by atoms with E-state index in [9.17, 15) is 0 Å². The summed E-state index contributed by atoms with van der Waals surface area (Å²) in [6.07, 6.45) is 8.92. The number of rotatable bonds is 0. The minimum atomic E-state index is 1.06. The van der Waals surface area contributed by atoms with Crippen molar-refractivity contribution in [3.8, 4) is 0 Å². The summed E-state index contributed by atoms with van der Waals surface area (Å²) in [6, 6.07) is 0. The van der Waals surface area contributed by atoms with E-state index in [1.807, 2.05) is 194 Å². The summed E-state index contributed by atoms with van der Waals surface area (Å²) in [7, 11) is 0. The van der Waals surface area contributed by atoms with E-state index in [0.717, 1.165) is 11.8 Å². The van der Waals surface area contributed by atoms with Gasteiger partial charge in [-0.15, -0.1) is 0 Å². The Labute approximate surface area is 257 Å². The zero-order valence-corrected chi connectivity index (χ0v) is 35.4. The average Bonchev–Trinajstić information content (AvgIpc) is 3.09. The van der Waals surface area contributed by atoms with Crippen molar-refractivity contribution in [2.75, 3.05) is 0 Å². The van der Waals surface area contributed by atoms with Crippen molar-refractivity contribution in [3.63, 3.8) is 0 Å². The maximum atomic E-state index is 2.31. The van der Waals surface area contributed by atoms with Gasteiger partial charge in [-0.05, 0) is 11.8 Å². The molecule has 0 amide bonds. The molecule has 0 N–H and O–H groups in total. The highest BCUT2D eigenvalue weighted by Crippen LogP contribution is 2.24. The standard InChI is InChI=1S/2C5H10.14C2H6/c2*1-5-3-2-4-5;14*1-2/h2*5H,2-4H2,1H3;14*1-2H3. The van der Waals surface area contributed by atoms with Gasteiger partial charge in [0, 0.05) is 0 Å². The molecule has 0 spiro atoms. The zero-order chi connectivity index (χ0) is 35.4. The Hall–Kier alpha value is 0. The molecule has 0 aromatic rings. The van der Waals surface area contributed by atoms with Crippen LogP contribution in [-0.2, 0) is 0 Å². The van der Waals surface area contributed by atoms with Gasteiger partial charge >= 0.3 is 0 Å². The normalized spacial score (nSPS) is 9.00. The monoisotopic (exact) mass is 561 g/mol. The van der Waals surface area contributed by atoms with E-state index in [1.54, 1.807) is 0 Å². The van der Waals surface area contributed by atoms with Crippen molar-refractivity contribution in [3.05, 3.63) is 0 Å². The van der Waals surface area contributed by atoms with Crippen LogP contribution in [0.2, 0.25) is 0 Å². The Balaban J connectivity index is -0.0000000138. The Morgan fingerprint density at radius 1 is 0.211 bits per heavy atom. The second-order valence-electron chi connectivity index (χ2n) is 4.07. The Kier molecular flexibility index (Phi) is 791. The van der Waals surface area contributed by atoms with Crippen LogP contribution in [0.3, 0.4) is 0 Å². The van der Waals surface area contributed by atoms with E-state index in [4.69, 9.17) is 0 Å². The predicted molar refractivity (Wildman–Crippen MR) is 205 cm³/mol. The maximum absolute atomic E-state index is 2.31. The van der Waals surface area contributed by atoms with Crippen molar-refractivity contribution < 1.29 is 0 Å². The van der Waals surface area contributed by atoms with Gasteiger partial charge in [-0.3, -0.25) is 0 Å². The first-order chi connectivity index (χ1) is 18.8. The molecule has 2 rings (SSSR count). The summed E-state index contributed by atoms with van der Waals surface area (Å²) in [5.41, 5.74) is 0. The van der Waals surface area contributed by atoms with Crippen molar-refractivity contribution in [1.29, 1.82) is 0 Å². The molecular formula is C38H104. The third kappa shape index (κ3) is 306. The van der Waals surface area contributed by atoms with Crippen LogP contribution in [0.25, 0.3) is 0 Å². The molecule has 256 valence electrons. The van der Waals surface area contributed by atoms with Gasteiger partial charge in [-0.2, -0.15) is 0 Å². The fourth-order valence-electron chi connectivity index (χ4n) is 1.22. The van der Waals surface area contributed by atoms with Gasteiger partial charge in [0.1, 0.15) is 0 Å². The van der Waals surface area contributed by atoms with E-state index in [2.05, 4.69) is 13.8 Å². The highest BCUT2D eigenvalue weighted by Gasteiger charge is 2.09. The molecule has 0 atom stereocenters. The molecule has 2 aliphatic rings. The van der Waals surface area contributed by atoms with Gasteiger partial charge < -0.3 is 0 Å². The summed E-state index contributed by atoms with van der Waals surface area (Å²) in [5, 5.41) is 0. The lowest BCUT2D eigenvalue weighted by atomic mass is 9.88. The first-order valence-electron chi connectivity index (χ1n) is 18.8. The molecule has 0 radical (unpaired) electrons. The largest absolute Gasteiger partial charge is 0.0683 e. The van der Waals surface area contributed by atoms with Crippen molar-refractivity contribution >= 4 is 0 Å². The molecule has 0 heteroatoms. The van der Waals surface area contributed by atoms with Gasteiger partial charge in [-0.25, -0.2) is 0 Å². The molecule has 38 heavy (non-hydrogen) atoms. The average molecular weight is 561 g/mol. The Bertz CT molecular complexity index is 66.0. The Morgan fingerprint density at radius 3 is 0.263 bits per heavy atom. The van der Waals surface area contributed by atoms with Crippen LogP contribution in [0.4, 0.5) is 0 Å². The summed E-state index contributed by atoms with van der Waals surface area (Å²) in [6.45, 7) is 60.6. The van der Waals surface area contributed by atoms with Crippen LogP contribution < -0.4 is 0 Å². The summed E-state index contributed by atoms with van der Waals surface area (Å²) in [5.74, 6) is 2.13. The minimum Gasteiger partial charge on any atom is -0.0683 e. The van der Waals surface area contributed by atoms with Crippen LogP contribution in [0.1, 0.15) is 246 Å². The summed E-state index contributed by atoms with van der Waals surface area (Å²) < 4.78 is 0. The van der Waals surface area contributed by atoms with Crippen LogP contribution in [0, 0.1) is 11.8 Å². The van der Waals surface area contributed by atoms with Crippen LogP contribution in [0.5, 0.6) is 0 Å². The SMILES string of the molecule is CC.CC.CC.CC.CC.CC.CC.CC.CC.CC.CC.CC.CC.CC.CC1CCC1.CC1CCC1. The number of hydrogen-bond donors (Lipinski definition) is 0. The molecule has 2 aliphatic carbocycles. The van der Waals surface area contributed by atoms with Crippen molar-refractivity contribution in [2.24, 2.45) is 11.8 Å². The lowest BCUT2D eigenvalue weighted by Gasteiger charge is -2.18. The summed E-state index contributed by atoms with van der Waals surface area (Å²) >= 11 is 0. The maximum Gasteiger partial charge on any atom is -0.0443 e. The van der Waals surface area contributed by atoms with Crippen molar-refractivity contribution in [1.82, 2.24) is 0 Å². The molecule has 2 fully saturated rings. The summed E-state index contributed by atoms with van der Waals surface area (Å²) in [4.78, 5) is 0. The molecule has 0 saturated heterocycles. The fraction of sp³-hybridized carbons (Fsp3) is 1.00. The van der Waals surface area contributed by atoms with Crippen LogP contribution in [0.15, 0.2) is 0 Å². The van der Waals surface area contributed by atoms with Gasteiger partial charge in [0.05, 0.1) is 0 Å². The van der Waals surface area contributed by atoms with Crippen LogP contribution in [-0.4, -0.2) is 0 Å². The lowest BCUT2D eigenvalue weighted by molar-refractivity contribution is 0.346. The molecule has 0 aromatic heterocycles. The first-order valence-corrected chi connectivity index (χ1v) is 18.8. The quantitative estimate of drug-likeness (QED) is 0.276. The second kappa shape index (κ2) is 333. The number of hydrogen-bond acceptors (Lipinski definition) is 0. The van der Waals surface area contributed by atoms with E-state index in [0.29, 0.717) is 0 Å². The van der Waals surface area contributed by atoms with E-state index < -0.39 is 0 Å². The van der Waals surface area contributed by atoms with Gasteiger partial charge in [-0.1, -0.05) is 246 Å². The molecule has 0 bridgehead atoms. The second-order valence-corrected chi connectivity index (χ2v) is 4.07.